The molecule has 0 aliphatic carbocycles. The Labute approximate surface area is 72.4 Å². The monoisotopic (exact) mass is 184 g/mol. The molecule has 6 nitrogen and oxygen atoms in total. The molecule has 0 fully saturated rings. The van der Waals surface area contributed by atoms with Crippen LogP contribution in [0.5, 0.6) is 0 Å². The summed E-state index contributed by atoms with van der Waals surface area (Å²) in [7, 11) is 0. The fraction of sp³-hybridized carbons (Fsp3) is 1.00. The van der Waals surface area contributed by atoms with Gasteiger partial charge in [-0.1, -0.05) is 7.43 Å². The van der Waals surface area contributed by atoms with Crippen molar-refractivity contribution in [3.63, 3.8) is 0 Å². The largest absolute Gasteiger partial charge is 0.394 e. The van der Waals surface area contributed by atoms with E-state index < -0.39 is 25.4 Å². The molecule has 78 valence electrons. The van der Waals surface area contributed by atoms with Gasteiger partial charge in [0, 0.05) is 0 Å². The molecule has 0 rings (SSSR count). The molecular weight excluding hydrogens is 164 g/mol. The summed E-state index contributed by atoms with van der Waals surface area (Å²) in [6.45, 7) is -1.46. The van der Waals surface area contributed by atoms with Gasteiger partial charge >= 0.3 is 0 Å². The van der Waals surface area contributed by atoms with Crippen molar-refractivity contribution in [1.29, 1.82) is 0 Å². The first-order chi connectivity index (χ1) is 5.10. The predicted octanol–water partition coefficient (Wildman–Crippen LogP) is -2.81. The lowest BCUT2D eigenvalue weighted by atomic mass is 10.1. The van der Waals surface area contributed by atoms with Gasteiger partial charge in [-0.25, -0.2) is 0 Å². The molecule has 0 aromatic carbocycles. The zero-order chi connectivity index (χ0) is 9.33. The van der Waals surface area contributed by atoms with Crippen molar-refractivity contribution < 1.29 is 20.4 Å². The molecule has 0 aromatic heterocycles. The van der Waals surface area contributed by atoms with Gasteiger partial charge in [0.15, 0.2) is 0 Å². The Morgan fingerprint density at radius 1 is 0.917 bits per heavy atom. The third kappa shape index (κ3) is 9.76. The highest BCUT2D eigenvalue weighted by atomic mass is 16.3. The van der Waals surface area contributed by atoms with E-state index in [0.717, 1.165) is 0 Å². The standard InChI is InChI=1S/C4H11NO3.CH5NO.CH4/c5-4(1-6,2-7)3-8;2-1-3;/h6-8H,1-3,5H2;3H,1-2H2;1H4. The third-order valence-corrected chi connectivity index (χ3v) is 0.945. The SMILES string of the molecule is C.NC(CO)(CO)CO.NCO. The topological polar surface area (TPSA) is 133 Å². The second-order valence-electron chi connectivity index (χ2n) is 2.02. The summed E-state index contributed by atoms with van der Waals surface area (Å²) < 4.78 is 0. The van der Waals surface area contributed by atoms with Crippen LogP contribution >= 0.6 is 0 Å². The van der Waals surface area contributed by atoms with Crippen LogP contribution < -0.4 is 11.5 Å². The molecule has 0 saturated carbocycles. The molecule has 0 aromatic rings. The Bertz CT molecular complexity index is 69.7. The van der Waals surface area contributed by atoms with Gasteiger partial charge in [0.25, 0.3) is 0 Å². The molecule has 0 aliphatic heterocycles. The maximum Gasteiger partial charge on any atom is 0.0906 e. The van der Waals surface area contributed by atoms with Gasteiger partial charge < -0.3 is 31.9 Å². The Morgan fingerprint density at radius 3 is 1.08 bits per heavy atom. The molecule has 0 bridgehead atoms. The van der Waals surface area contributed by atoms with E-state index in [-0.39, 0.29) is 14.2 Å². The van der Waals surface area contributed by atoms with Crippen LogP contribution in [-0.4, -0.2) is 52.5 Å². The molecule has 0 heterocycles. The van der Waals surface area contributed by atoms with Crippen LogP contribution in [0.2, 0.25) is 0 Å². The first-order valence-corrected chi connectivity index (χ1v) is 3.02. The van der Waals surface area contributed by atoms with E-state index in [2.05, 4.69) is 5.73 Å². The second kappa shape index (κ2) is 10.8. The fourth-order valence-corrected chi connectivity index (χ4v) is 0.150. The first kappa shape index (κ1) is 17.7. The van der Waals surface area contributed by atoms with Crippen LogP contribution in [0.4, 0.5) is 0 Å². The van der Waals surface area contributed by atoms with Crippen LogP contribution in [0.3, 0.4) is 0 Å². The minimum atomic E-state index is -1.21. The fourth-order valence-electron chi connectivity index (χ4n) is 0.150. The first-order valence-electron chi connectivity index (χ1n) is 3.02. The van der Waals surface area contributed by atoms with Gasteiger partial charge in [-0.15, -0.1) is 0 Å². The summed E-state index contributed by atoms with van der Waals surface area (Å²) in [6.07, 6.45) is 0. The van der Waals surface area contributed by atoms with Crippen LogP contribution in [0.25, 0.3) is 0 Å². The molecule has 6 heteroatoms. The minimum absolute atomic E-state index is 0. The number of hydrogen-bond acceptors (Lipinski definition) is 6. The number of hydrogen-bond donors (Lipinski definition) is 6. The number of aliphatic hydroxyl groups excluding tert-OH is 4. The minimum Gasteiger partial charge on any atom is -0.394 e. The number of nitrogens with two attached hydrogens (primary N) is 2. The Kier molecular flexibility index (Phi) is 15.9. The van der Waals surface area contributed by atoms with E-state index in [1.165, 1.54) is 0 Å². The predicted molar refractivity (Wildman–Crippen MR) is 46.2 cm³/mol. The van der Waals surface area contributed by atoms with Crippen molar-refractivity contribution in [1.82, 2.24) is 0 Å². The van der Waals surface area contributed by atoms with Crippen molar-refractivity contribution in [2.45, 2.75) is 13.0 Å². The van der Waals surface area contributed by atoms with E-state index >= 15 is 0 Å². The molecule has 0 atom stereocenters. The Balaban J connectivity index is -0.000000177. The quantitative estimate of drug-likeness (QED) is 0.262. The lowest BCUT2D eigenvalue weighted by Gasteiger charge is -2.20. The van der Waals surface area contributed by atoms with Gasteiger partial charge in [0.05, 0.1) is 32.1 Å². The molecule has 0 saturated heterocycles. The lowest BCUT2D eigenvalue weighted by Crippen LogP contribution is -2.50. The van der Waals surface area contributed by atoms with Gasteiger partial charge in [-0.05, 0) is 0 Å². The molecular formula is C6H20N2O4. The molecule has 12 heavy (non-hydrogen) atoms. The normalized spacial score (nSPS) is 9.50. The van der Waals surface area contributed by atoms with Gasteiger partial charge in [-0.2, -0.15) is 0 Å². The smallest absolute Gasteiger partial charge is 0.0906 e. The van der Waals surface area contributed by atoms with E-state index in [1.54, 1.807) is 0 Å². The van der Waals surface area contributed by atoms with Crippen LogP contribution in [-0.2, 0) is 0 Å². The molecule has 8 N–H and O–H groups in total. The van der Waals surface area contributed by atoms with Crippen molar-refractivity contribution >= 4 is 0 Å². The maximum atomic E-state index is 8.34. The van der Waals surface area contributed by atoms with Crippen molar-refractivity contribution in [3.8, 4) is 0 Å². The van der Waals surface area contributed by atoms with Crippen molar-refractivity contribution in [2.75, 3.05) is 26.6 Å². The highest BCUT2D eigenvalue weighted by molar-refractivity contribution is 4.80. The molecule has 0 spiro atoms. The van der Waals surface area contributed by atoms with Crippen molar-refractivity contribution in [2.24, 2.45) is 11.5 Å². The summed E-state index contributed by atoms with van der Waals surface area (Å²) in [5.41, 5.74) is 8.34. The van der Waals surface area contributed by atoms with E-state index in [4.69, 9.17) is 26.2 Å². The zero-order valence-corrected chi connectivity index (χ0v) is 6.27. The molecule has 0 unspecified atom stereocenters. The van der Waals surface area contributed by atoms with E-state index in [1.807, 2.05) is 0 Å². The molecule has 0 amide bonds. The Hall–Kier alpha value is -0.240. The van der Waals surface area contributed by atoms with Gasteiger partial charge in [0.2, 0.25) is 0 Å². The maximum absolute atomic E-state index is 8.34. The van der Waals surface area contributed by atoms with Crippen LogP contribution in [0, 0.1) is 0 Å². The van der Waals surface area contributed by atoms with E-state index in [0.29, 0.717) is 0 Å². The van der Waals surface area contributed by atoms with Gasteiger partial charge in [-0.3, -0.25) is 0 Å². The number of aliphatic hydroxyl groups is 4. The van der Waals surface area contributed by atoms with Crippen molar-refractivity contribution in [3.05, 3.63) is 0 Å². The highest BCUT2D eigenvalue weighted by Gasteiger charge is 2.20. The third-order valence-electron chi connectivity index (χ3n) is 0.945. The van der Waals surface area contributed by atoms with E-state index in [9.17, 15) is 0 Å². The highest BCUT2D eigenvalue weighted by Crippen LogP contribution is 1.93. The zero-order valence-electron chi connectivity index (χ0n) is 6.27. The number of rotatable bonds is 3. The summed E-state index contributed by atoms with van der Waals surface area (Å²) >= 11 is 0. The van der Waals surface area contributed by atoms with Crippen LogP contribution in [0.1, 0.15) is 7.43 Å². The second-order valence-corrected chi connectivity index (χ2v) is 2.02. The molecule has 0 aliphatic rings. The van der Waals surface area contributed by atoms with Gasteiger partial charge in [0.1, 0.15) is 0 Å². The van der Waals surface area contributed by atoms with Crippen LogP contribution in [0.15, 0.2) is 0 Å². The summed E-state index contributed by atoms with van der Waals surface area (Å²) in [5.74, 6) is 0. The summed E-state index contributed by atoms with van der Waals surface area (Å²) in [5, 5.41) is 32.4. The molecule has 0 radical (unpaired) electrons. The Morgan fingerprint density at radius 2 is 1.08 bits per heavy atom. The summed E-state index contributed by atoms with van der Waals surface area (Å²) in [6, 6.07) is 0. The lowest BCUT2D eigenvalue weighted by molar-refractivity contribution is 0.0698. The average molecular weight is 184 g/mol. The summed E-state index contributed by atoms with van der Waals surface area (Å²) in [4.78, 5) is 0. The average Bonchev–Trinajstić information content (AvgIpc) is 2.05.